The van der Waals surface area contributed by atoms with Crippen molar-refractivity contribution in [1.82, 2.24) is 0 Å². The minimum absolute atomic E-state index is 0. The van der Waals surface area contributed by atoms with Crippen LogP contribution in [-0.4, -0.2) is 171 Å². The van der Waals surface area contributed by atoms with Gasteiger partial charge in [0.2, 0.25) is 0 Å². The smallest absolute Gasteiger partial charge is 0.376 e. The molecule has 324 valence electrons. The van der Waals surface area contributed by atoms with Crippen molar-refractivity contribution in [1.29, 1.82) is 0 Å². The second-order valence-corrected chi connectivity index (χ2v) is 8.42. The molecule has 0 amide bonds. The van der Waals surface area contributed by atoms with E-state index in [-0.39, 0.29) is 52.9 Å². The molecule has 0 heterocycles. The number of aliphatic hydroxyl groups is 7. The first-order valence-corrected chi connectivity index (χ1v) is 13.7. The Morgan fingerprint density at radius 3 is 1.17 bits per heavy atom. The van der Waals surface area contributed by atoms with E-state index in [9.17, 15) is 48.3 Å². The van der Waals surface area contributed by atoms with Gasteiger partial charge >= 0.3 is 12.2 Å². The van der Waals surface area contributed by atoms with Gasteiger partial charge in [0, 0.05) is 26.4 Å². The van der Waals surface area contributed by atoms with Crippen molar-refractivity contribution in [3.63, 3.8) is 0 Å². The number of rotatable bonds is 24. The first kappa shape index (κ1) is 71.1. The Labute approximate surface area is 285 Å². The van der Waals surface area contributed by atoms with Gasteiger partial charge in [0.1, 0.15) is 32.1 Å². The van der Waals surface area contributed by atoms with Crippen molar-refractivity contribution in [3.05, 3.63) is 19.3 Å². The standard InChI is InChI=1S/C7H12F3O3.C7H14F2O5.C6H12F2O3.C3H5F2O.C2H3F2O.FHO.3Rf/c8-1-2-12-3-6(11)4-13-5-7(9)10;8-7(9,12)5-14-4-6(11)3-13-2-1-10;1-2-5(9)3-11-4-6(7,8)10;1-6-2-3(4)5;3-2(4)1-5;1-2;;;/h6,11H,1-5H2;6,10-12H,1-5H2;5,9-10H,2-4H2,1H3;2H2,1H3;5H,1H2;2H;;;/q-1;;;2*-1;;;;. The molecule has 8 N–H and O–H groups in total. The average Bonchev–Trinajstić information content (AvgIpc) is 3.02. The van der Waals surface area contributed by atoms with E-state index in [1.807, 2.05) is 0 Å². The second kappa shape index (κ2) is 50.7. The summed E-state index contributed by atoms with van der Waals surface area (Å²) < 4.78 is 158. The Morgan fingerprint density at radius 2 is 0.907 bits per heavy atom. The molecular weight excluding hydrogens is 1550 g/mol. The van der Waals surface area contributed by atoms with Crippen LogP contribution in [0.15, 0.2) is 0 Å². The van der Waals surface area contributed by atoms with E-state index >= 15 is 0 Å². The maximum absolute atomic E-state index is 11.8. The predicted octanol–water partition coefficient (Wildman–Crippen LogP) is 1.43. The summed E-state index contributed by atoms with van der Waals surface area (Å²) in [7, 11) is 1.22. The van der Waals surface area contributed by atoms with Gasteiger partial charge in [0.25, 0.3) is 0 Å². The molecule has 0 aliphatic rings. The molecule has 0 fully saturated rings. The minimum Gasteiger partial charge on any atom is -0.423 e. The van der Waals surface area contributed by atoms with E-state index in [1.165, 1.54) is 7.11 Å². The van der Waals surface area contributed by atoms with Gasteiger partial charge in [0.15, 0.2) is 0 Å². The SMILES string of the molecule is CCC(O)COCC(O)(F)F.COC[C-](F)F.OC(COCCF)COC[C-](F)F.OCCOCC(O)COCC(O)(F)F.OC[C-](F)F.OF.[Rf].[Rf].[Rf]. The fourth-order valence-corrected chi connectivity index (χ4v) is 1.79. The van der Waals surface area contributed by atoms with E-state index in [0.29, 0.717) is 6.42 Å². The number of methoxy groups -OCH3 is 1. The molecule has 0 radical (unpaired) electrons. The van der Waals surface area contributed by atoms with Crippen molar-refractivity contribution in [2.24, 2.45) is 0 Å². The van der Waals surface area contributed by atoms with Crippen molar-refractivity contribution in [3.8, 4) is 0 Å². The summed E-state index contributed by atoms with van der Waals surface area (Å²) in [6.07, 6.45) is -15.5. The molecule has 0 spiro atoms. The van der Waals surface area contributed by atoms with Crippen LogP contribution in [0.3, 0.4) is 0 Å². The summed E-state index contributed by atoms with van der Waals surface area (Å²) in [5.74, 6) is 0. The zero-order valence-corrected chi connectivity index (χ0v) is 48.7. The van der Waals surface area contributed by atoms with Crippen LogP contribution in [0.2, 0.25) is 0 Å². The van der Waals surface area contributed by atoms with E-state index in [1.54, 1.807) is 6.92 Å². The third kappa shape index (κ3) is 97.3. The van der Waals surface area contributed by atoms with Gasteiger partial charge in [-0.25, -0.2) is 9.70 Å². The van der Waals surface area contributed by atoms with Crippen LogP contribution < -0.4 is 0 Å². The Hall–Kier alpha value is -4.40. The molecule has 0 aliphatic carbocycles. The maximum Gasteiger partial charge on any atom is 0.376 e. The van der Waals surface area contributed by atoms with Crippen LogP contribution >= 0.6 is 0 Å². The third-order valence-electron chi connectivity index (χ3n) is 3.62. The van der Waals surface area contributed by atoms with Crippen molar-refractivity contribution in [2.45, 2.75) is 43.9 Å². The molecule has 0 aliphatic heterocycles. The number of halogens is 12. The van der Waals surface area contributed by atoms with E-state index in [4.69, 9.17) is 50.3 Å². The van der Waals surface area contributed by atoms with Crippen LogP contribution in [-0.2, 0) is 28.4 Å². The zero-order chi connectivity index (χ0) is 41.3. The fourth-order valence-electron chi connectivity index (χ4n) is 1.79. The number of alkyl halides is 5. The average molecular weight is 1600 g/mol. The summed E-state index contributed by atoms with van der Waals surface area (Å²) in [4.78, 5) is 0. The van der Waals surface area contributed by atoms with Crippen LogP contribution in [0.1, 0.15) is 13.3 Å². The molecule has 3 atom stereocenters. The minimum atomic E-state index is -3.88. The Morgan fingerprint density at radius 1 is 0.574 bits per heavy atom. The van der Waals surface area contributed by atoms with Crippen molar-refractivity contribution < 1.29 is 122 Å². The van der Waals surface area contributed by atoms with Gasteiger partial charge < -0.3 is 90.5 Å². The second-order valence-electron chi connectivity index (χ2n) is 8.42. The van der Waals surface area contributed by atoms with E-state index < -0.39 is 89.5 Å². The Balaban J connectivity index is -0.0000000678. The van der Waals surface area contributed by atoms with Crippen LogP contribution in [0, 0.1) is 19.3 Å². The van der Waals surface area contributed by atoms with Gasteiger partial charge in [-0.2, -0.15) is 17.6 Å². The number of ether oxygens (including phenoxy) is 6. The Kier molecular flexibility index (Phi) is 66.7. The molecule has 0 saturated heterocycles. The molecule has 0 aromatic carbocycles. The predicted molar refractivity (Wildman–Crippen MR) is 148 cm³/mol. The normalized spacial score (nSPS) is 12.2. The van der Waals surface area contributed by atoms with Crippen LogP contribution in [0.5, 0.6) is 0 Å². The molecule has 0 aromatic rings. The summed E-state index contributed by atoms with van der Waals surface area (Å²) in [5.41, 5.74) is 0. The molecule has 0 bridgehead atoms. The summed E-state index contributed by atoms with van der Waals surface area (Å²) in [5, 5.41) is 63.7. The van der Waals surface area contributed by atoms with Crippen molar-refractivity contribution in [2.75, 3.05) is 99.7 Å². The molecule has 14 nitrogen and oxygen atoms in total. The van der Waals surface area contributed by atoms with Gasteiger partial charge in [0.05, 0.1) is 59.0 Å². The summed E-state index contributed by atoms with van der Waals surface area (Å²) in [6.45, 7) is -4.84. The van der Waals surface area contributed by atoms with Gasteiger partial charge in [-0.15, -0.1) is 0 Å². The molecule has 0 rings (SSSR count). The first-order chi connectivity index (χ1) is 23.6. The number of aliphatic hydroxyl groups excluding tert-OH is 5. The number of hydrogen-bond acceptors (Lipinski definition) is 14. The zero-order valence-electron chi connectivity index (χ0n) is 29.5. The summed E-state index contributed by atoms with van der Waals surface area (Å²) in [6, 6.07) is 0. The third-order valence-corrected chi connectivity index (χ3v) is 3.62. The largest absolute Gasteiger partial charge is 0.423 e. The first-order valence-electron chi connectivity index (χ1n) is 13.7. The van der Waals surface area contributed by atoms with Crippen LogP contribution in [0.25, 0.3) is 0 Å². The Bertz CT molecular complexity index is 647. The molecule has 29 heteroatoms. The molecular formula is C25H47F12O14Rf3-3. The molecule has 0 aromatic heterocycles. The van der Waals surface area contributed by atoms with E-state index in [0.717, 1.165) is 0 Å². The van der Waals surface area contributed by atoms with Gasteiger partial charge in [-0.1, -0.05) is 11.4 Å². The fraction of sp³-hybridized carbons (Fsp3) is 0.880. The number of hydrogen-bond donors (Lipinski definition) is 8. The monoisotopic (exact) mass is 1600 g/mol. The van der Waals surface area contributed by atoms with Crippen molar-refractivity contribution >= 4 is 0 Å². The summed E-state index contributed by atoms with van der Waals surface area (Å²) >= 11 is 0. The molecule has 54 heavy (non-hydrogen) atoms. The topological polar surface area (TPSA) is 217 Å². The van der Waals surface area contributed by atoms with Gasteiger partial charge in [-0.05, 0) is 26.2 Å². The molecule has 3 unspecified atom stereocenters. The van der Waals surface area contributed by atoms with Crippen LogP contribution in [0.4, 0.5) is 52.8 Å². The van der Waals surface area contributed by atoms with E-state index in [2.05, 4.69) is 23.7 Å². The quantitative estimate of drug-likeness (QED) is 0.0390. The van der Waals surface area contributed by atoms with Gasteiger partial charge in [-0.3, -0.25) is 0 Å². The molecule has 0 saturated carbocycles. The maximum atomic E-state index is 11.8.